The molecule has 144 valence electrons. The lowest BCUT2D eigenvalue weighted by Gasteiger charge is -2.18. The summed E-state index contributed by atoms with van der Waals surface area (Å²) in [6, 6.07) is 0. The van der Waals surface area contributed by atoms with Gasteiger partial charge in [-0.05, 0) is 53.4 Å². The number of carbonyl (C=O) groups is 1. The van der Waals surface area contributed by atoms with Crippen molar-refractivity contribution in [2.45, 2.75) is 53.4 Å². The predicted molar refractivity (Wildman–Crippen MR) is 98.3 cm³/mol. The van der Waals surface area contributed by atoms with Gasteiger partial charge in [-0.3, -0.25) is 4.79 Å². The van der Waals surface area contributed by atoms with Crippen molar-refractivity contribution in [3.63, 3.8) is 0 Å². The zero-order valence-corrected chi connectivity index (χ0v) is 16.0. The SMILES string of the molecule is CC(C)=CCCC(C)=CCCC(C)=CC(=O)N(OCCO)OCCO. The van der Waals surface area contributed by atoms with Gasteiger partial charge in [-0.2, -0.15) is 0 Å². The molecule has 0 aliphatic rings. The van der Waals surface area contributed by atoms with Gasteiger partial charge in [0.15, 0.2) is 0 Å². The van der Waals surface area contributed by atoms with Gasteiger partial charge in [-0.25, -0.2) is 9.68 Å². The summed E-state index contributed by atoms with van der Waals surface area (Å²) in [6.45, 7) is 7.62. The Kier molecular flexibility index (Phi) is 14.0. The van der Waals surface area contributed by atoms with E-state index in [-0.39, 0.29) is 26.4 Å². The van der Waals surface area contributed by atoms with Crippen molar-refractivity contribution < 1.29 is 24.7 Å². The molecule has 0 atom stereocenters. The van der Waals surface area contributed by atoms with Crippen molar-refractivity contribution in [3.05, 3.63) is 34.9 Å². The predicted octanol–water partition coefficient (Wildman–Crippen LogP) is 3.08. The molecular weight excluding hydrogens is 322 g/mol. The fourth-order valence-corrected chi connectivity index (χ4v) is 1.98. The second-order valence-corrected chi connectivity index (χ2v) is 6.11. The largest absolute Gasteiger partial charge is 0.394 e. The first-order valence-electron chi connectivity index (χ1n) is 8.68. The summed E-state index contributed by atoms with van der Waals surface area (Å²) in [5, 5.41) is 18.2. The van der Waals surface area contributed by atoms with Gasteiger partial charge in [0.2, 0.25) is 0 Å². The van der Waals surface area contributed by atoms with Crippen LogP contribution in [-0.4, -0.2) is 47.8 Å². The van der Waals surface area contributed by atoms with Gasteiger partial charge >= 0.3 is 0 Å². The zero-order chi connectivity index (χ0) is 19.1. The minimum absolute atomic E-state index is 0.0579. The first-order chi connectivity index (χ1) is 11.9. The first-order valence-corrected chi connectivity index (χ1v) is 8.68. The van der Waals surface area contributed by atoms with E-state index in [1.807, 2.05) is 6.92 Å². The van der Waals surface area contributed by atoms with Crippen LogP contribution in [0.4, 0.5) is 0 Å². The van der Waals surface area contributed by atoms with E-state index in [9.17, 15) is 4.79 Å². The highest BCUT2D eigenvalue weighted by atomic mass is 17.0. The number of aliphatic hydroxyl groups is 2. The van der Waals surface area contributed by atoms with Crippen LogP contribution in [0.2, 0.25) is 0 Å². The van der Waals surface area contributed by atoms with Crippen LogP contribution in [0.5, 0.6) is 0 Å². The lowest BCUT2D eigenvalue weighted by Crippen LogP contribution is -2.32. The molecule has 2 N–H and O–H groups in total. The minimum atomic E-state index is -0.469. The van der Waals surface area contributed by atoms with Gasteiger partial charge in [-0.15, -0.1) is 0 Å². The normalized spacial score (nSPS) is 12.2. The van der Waals surface area contributed by atoms with Crippen LogP contribution in [0.15, 0.2) is 34.9 Å². The topological polar surface area (TPSA) is 79.2 Å². The second kappa shape index (κ2) is 14.8. The van der Waals surface area contributed by atoms with Gasteiger partial charge in [0, 0.05) is 6.08 Å². The van der Waals surface area contributed by atoms with Crippen molar-refractivity contribution in [3.8, 4) is 0 Å². The van der Waals surface area contributed by atoms with E-state index in [1.165, 1.54) is 17.2 Å². The van der Waals surface area contributed by atoms with Crippen molar-refractivity contribution >= 4 is 5.91 Å². The number of hydrogen-bond donors (Lipinski definition) is 2. The summed E-state index contributed by atoms with van der Waals surface area (Å²) in [5.74, 6) is -0.469. The molecule has 0 unspecified atom stereocenters. The van der Waals surface area contributed by atoms with Gasteiger partial charge in [0.05, 0.1) is 13.2 Å². The molecule has 0 aromatic rings. The van der Waals surface area contributed by atoms with Crippen LogP contribution < -0.4 is 0 Å². The number of hydrogen-bond acceptors (Lipinski definition) is 5. The molecule has 0 saturated heterocycles. The molecule has 0 aromatic carbocycles. The summed E-state index contributed by atoms with van der Waals surface area (Å²) in [4.78, 5) is 22.1. The molecule has 0 radical (unpaired) electrons. The Morgan fingerprint density at radius 3 is 1.92 bits per heavy atom. The molecule has 0 aliphatic carbocycles. The minimum Gasteiger partial charge on any atom is -0.394 e. The number of amides is 1. The van der Waals surface area contributed by atoms with Crippen LogP contribution in [0.3, 0.4) is 0 Å². The molecule has 0 fully saturated rings. The van der Waals surface area contributed by atoms with E-state index in [2.05, 4.69) is 32.9 Å². The van der Waals surface area contributed by atoms with Gasteiger partial charge in [0.25, 0.3) is 5.91 Å². The summed E-state index contributed by atoms with van der Waals surface area (Å²) in [7, 11) is 0. The molecule has 6 nitrogen and oxygen atoms in total. The van der Waals surface area contributed by atoms with Crippen LogP contribution in [-0.2, 0) is 14.5 Å². The molecule has 0 aliphatic heterocycles. The van der Waals surface area contributed by atoms with Gasteiger partial charge in [-0.1, -0.05) is 34.1 Å². The van der Waals surface area contributed by atoms with E-state index < -0.39 is 5.91 Å². The fourth-order valence-electron chi connectivity index (χ4n) is 1.98. The average Bonchev–Trinajstić information content (AvgIpc) is 2.54. The number of carbonyl (C=O) groups excluding carboxylic acids is 1. The number of nitrogens with zero attached hydrogens (tertiary/aromatic N) is 1. The Bertz CT molecular complexity index is 456. The van der Waals surface area contributed by atoms with Crippen LogP contribution in [0.1, 0.15) is 53.4 Å². The maximum Gasteiger partial charge on any atom is 0.296 e. The fraction of sp³-hybridized carbons (Fsp3) is 0.632. The van der Waals surface area contributed by atoms with E-state index in [0.717, 1.165) is 31.3 Å². The Hall–Kier alpha value is -1.47. The van der Waals surface area contributed by atoms with E-state index in [0.29, 0.717) is 5.23 Å². The molecule has 6 heteroatoms. The highest BCUT2D eigenvalue weighted by Crippen LogP contribution is 2.12. The number of aliphatic hydroxyl groups excluding tert-OH is 2. The number of hydroxylamine groups is 2. The molecule has 0 spiro atoms. The summed E-state index contributed by atoms with van der Waals surface area (Å²) >= 11 is 0. The highest BCUT2D eigenvalue weighted by Gasteiger charge is 2.13. The Balaban J connectivity index is 4.42. The third-order valence-electron chi connectivity index (χ3n) is 3.27. The van der Waals surface area contributed by atoms with E-state index in [4.69, 9.17) is 19.9 Å². The van der Waals surface area contributed by atoms with Crippen LogP contribution in [0, 0.1) is 0 Å². The third kappa shape index (κ3) is 13.5. The Morgan fingerprint density at radius 2 is 1.40 bits per heavy atom. The van der Waals surface area contributed by atoms with Crippen molar-refractivity contribution in [2.24, 2.45) is 0 Å². The van der Waals surface area contributed by atoms with E-state index >= 15 is 0 Å². The van der Waals surface area contributed by atoms with Crippen LogP contribution >= 0.6 is 0 Å². The standard InChI is InChI=1S/C19H33NO5/c1-16(2)7-5-8-17(3)9-6-10-18(4)15-19(23)20(24-13-11-21)25-14-12-22/h7,9,15,21-22H,5-6,8,10-14H2,1-4H3. The molecule has 0 bridgehead atoms. The monoisotopic (exact) mass is 355 g/mol. The average molecular weight is 355 g/mol. The first kappa shape index (κ1) is 23.5. The summed E-state index contributed by atoms with van der Waals surface area (Å²) in [5.41, 5.74) is 3.58. The maximum atomic E-state index is 12.1. The molecular formula is C19H33NO5. The smallest absolute Gasteiger partial charge is 0.296 e. The highest BCUT2D eigenvalue weighted by molar-refractivity contribution is 5.86. The van der Waals surface area contributed by atoms with Gasteiger partial charge < -0.3 is 10.2 Å². The molecule has 25 heavy (non-hydrogen) atoms. The molecule has 0 saturated carbocycles. The maximum absolute atomic E-state index is 12.1. The Labute approximate surface area is 151 Å². The Morgan fingerprint density at radius 1 is 0.880 bits per heavy atom. The van der Waals surface area contributed by atoms with Crippen molar-refractivity contribution in [2.75, 3.05) is 26.4 Å². The van der Waals surface area contributed by atoms with Crippen LogP contribution in [0.25, 0.3) is 0 Å². The van der Waals surface area contributed by atoms with Crippen molar-refractivity contribution in [1.82, 2.24) is 5.23 Å². The quantitative estimate of drug-likeness (QED) is 0.301. The van der Waals surface area contributed by atoms with E-state index in [1.54, 1.807) is 0 Å². The number of rotatable bonds is 13. The lowest BCUT2D eigenvalue weighted by molar-refractivity contribution is -0.342. The zero-order valence-electron chi connectivity index (χ0n) is 16.0. The molecule has 0 rings (SSSR count). The van der Waals surface area contributed by atoms with Gasteiger partial charge in [0.1, 0.15) is 13.2 Å². The number of allylic oxidation sites excluding steroid dienone is 5. The summed E-state index contributed by atoms with van der Waals surface area (Å²) in [6.07, 6.45) is 9.60. The molecule has 1 amide bonds. The lowest BCUT2D eigenvalue weighted by atomic mass is 10.1. The molecule has 0 aromatic heterocycles. The third-order valence-corrected chi connectivity index (χ3v) is 3.27. The summed E-state index contributed by atoms with van der Waals surface area (Å²) < 4.78 is 0. The van der Waals surface area contributed by atoms with Crippen molar-refractivity contribution in [1.29, 1.82) is 0 Å². The second-order valence-electron chi connectivity index (χ2n) is 6.11. The molecule has 0 heterocycles.